The Bertz CT molecular complexity index is 1680. The summed E-state index contributed by atoms with van der Waals surface area (Å²) in [6.07, 6.45) is 3.97. The summed E-state index contributed by atoms with van der Waals surface area (Å²) in [5.74, 6) is 1.01. The van der Waals surface area contributed by atoms with Gasteiger partial charge in [-0.15, -0.1) is 6.58 Å². The van der Waals surface area contributed by atoms with Crippen LogP contribution in [0.3, 0.4) is 0 Å². The zero-order chi connectivity index (χ0) is 27.2. The van der Waals surface area contributed by atoms with Gasteiger partial charge < -0.3 is 13.9 Å². The number of nitrogens with zero attached hydrogens (tertiary/aromatic N) is 1. The van der Waals surface area contributed by atoms with Gasteiger partial charge in [0.2, 0.25) is 0 Å². The van der Waals surface area contributed by atoms with Crippen molar-refractivity contribution in [3.05, 3.63) is 118 Å². The van der Waals surface area contributed by atoms with Crippen molar-refractivity contribution in [2.45, 2.75) is 20.0 Å². The molecular formula is C32H27BrN2O4. The number of furan rings is 1. The standard InChI is InChI=1S/C32H27BrN2O4/c1-3-8-23-15-21(19-34-35-32(36)30-18-25-17-26(33)13-14-28(25)39-30)16-29(37-4-2)31(23)38-20-24-11-7-10-22-9-5-6-12-27(22)24/h3,5-7,9-19H,1,4,8,20H2,2H3,(H,35,36)/b34-19+. The van der Waals surface area contributed by atoms with Gasteiger partial charge in [-0.25, -0.2) is 5.43 Å². The summed E-state index contributed by atoms with van der Waals surface area (Å²) in [4.78, 5) is 12.6. The molecule has 0 aliphatic heterocycles. The molecule has 0 aliphatic carbocycles. The van der Waals surface area contributed by atoms with E-state index in [1.54, 1.807) is 18.3 Å². The Morgan fingerprint density at radius 1 is 1.00 bits per heavy atom. The van der Waals surface area contributed by atoms with Gasteiger partial charge in [-0.1, -0.05) is 64.5 Å². The van der Waals surface area contributed by atoms with E-state index in [0.717, 1.165) is 31.9 Å². The van der Waals surface area contributed by atoms with Crippen LogP contribution in [-0.4, -0.2) is 18.7 Å². The third-order valence-corrected chi connectivity index (χ3v) is 6.65. The van der Waals surface area contributed by atoms with Crippen LogP contribution in [0.1, 0.15) is 34.2 Å². The summed E-state index contributed by atoms with van der Waals surface area (Å²) in [5.41, 5.74) is 5.91. The molecule has 1 N–H and O–H groups in total. The highest BCUT2D eigenvalue weighted by Gasteiger charge is 2.15. The van der Waals surface area contributed by atoms with Crippen LogP contribution in [0.25, 0.3) is 21.7 Å². The van der Waals surface area contributed by atoms with E-state index in [1.165, 1.54) is 5.39 Å². The Balaban J connectivity index is 1.36. The van der Waals surface area contributed by atoms with Crippen molar-refractivity contribution in [1.29, 1.82) is 0 Å². The second kappa shape index (κ2) is 12.0. The molecule has 0 unspecified atom stereocenters. The van der Waals surface area contributed by atoms with E-state index in [9.17, 15) is 4.79 Å². The average molecular weight is 583 g/mol. The molecular weight excluding hydrogens is 556 g/mol. The van der Waals surface area contributed by atoms with Gasteiger partial charge in [0, 0.05) is 15.4 Å². The van der Waals surface area contributed by atoms with Gasteiger partial charge in [-0.3, -0.25) is 4.79 Å². The van der Waals surface area contributed by atoms with Crippen LogP contribution in [0.15, 0.2) is 106 Å². The number of ether oxygens (including phenoxy) is 2. The fourth-order valence-corrected chi connectivity index (χ4v) is 4.79. The lowest BCUT2D eigenvalue weighted by atomic mass is 10.0. The van der Waals surface area contributed by atoms with Crippen LogP contribution < -0.4 is 14.9 Å². The van der Waals surface area contributed by atoms with E-state index in [4.69, 9.17) is 13.9 Å². The molecule has 0 saturated carbocycles. The minimum absolute atomic E-state index is 0.180. The molecule has 0 spiro atoms. The smallest absolute Gasteiger partial charge is 0.307 e. The van der Waals surface area contributed by atoms with E-state index in [1.807, 2.05) is 55.5 Å². The van der Waals surface area contributed by atoms with Gasteiger partial charge in [-0.2, -0.15) is 5.10 Å². The fourth-order valence-electron chi connectivity index (χ4n) is 4.41. The van der Waals surface area contributed by atoms with Gasteiger partial charge >= 0.3 is 5.91 Å². The monoisotopic (exact) mass is 582 g/mol. The van der Waals surface area contributed by atoms with E-state index in [-0.39, 0.29) is 5.76 Å². The molecule has 1 aromatic heterocycles. The summed E-state index contributed by atoms with van der Waals surface area (Å²) >= 11 is 3.43. The number of hydrazone groups is 1. The number of rotatable bonds is 10. The summed E-state index contributed by atoms with van der Waals surface area (Å²) in [6, 6.07) is 25.5. The highest BCUT2D eigenvalue weighted by atomic mass is 79.9. The Kier molecular flexibility index (Phi) is 8.08. The molecule has 6 nitrogen and oxygen atoms in total. The first kappa shape index (κ1) is 26.3. The molecule has 0 saturated heterocycles. The van der Waals surface area contributed by atoms with Crippen molar-refractivity contribution in [3.8, 4) is 11.5 Å². The lowest BCUT2D eigenvalue weighted by Crippen LogP contribution is -2.16. The largest absolute Gasteiger partial charge is 0.490 e. The summed E-state index contributed by atoms with van der Waals surface area (Å²) in [7, 11) is 0. The number of carbonyl (C=O) groups excluding carboxylic acids is 1. The van der Waals surface area contributed by atoms with Crippen LogP contribution in [0.5, 0.6) is 11.5 Å². The quantitative estimate of drug-likeness (QED) is 0.103. The van der Waals surface area contributed by atoms with Crippen LogP contribution in [0.4, 0.5) is 0 Å². The van der Waals surface area contributed by atoms with Crippen molar-refractivity contribution in [2.75, 3.05) is 6.61 Å². The Morgan fingerprint density at radius 3 is 2.69 bits per heavy atom. The highest BCUT2D eigenvalue weighted by molar-refractivity contribution is 9.10. The van der Waals surface area contributed by atoms with Crippen LogP contribution >= 0.6 is 15.9 Å². The van der Waals surface area contributed by atoms with Gasteiger partial charge in [-0.05, 0) is 71.6 Å². The second-order valence-corrected chi connectivity index (χ2v) is 9.77. The number of nitrogens with one attached hydrogen (secondary N) is 1. The van der Waals surface area contributed by atoms with Crippen molar-refractivity contribution < 1.29 is 18.7 Å². The predicted octanol–water partition coefficient (Wildman–Crippen LogP) is 7.82. The van der Waals surface area contributed by atoms with Crippen molar-refractivity contribution in [1.82, 2.24) is 5.43 Å². The molecule has 1 heterocycles. The van der Waals surface area contributed by atoms with Crippen LogP contribution in [-0.2, 0) is 13.0 Å². The minimum atomic E-state index is -0.440. The molecule has 5 aromatic rings. The lowest BCUT2D eigenvalue weighted by molar-refractivity contribution is 0.0929. The van der Waals surface area contributed by atoms with E-state index in [2.05, 4.69) is 57.3 Å². The van der Waals surface area contributed by atoms with E-state index < -0.39 is 5.91 Å². The Labute approximate surface area is 235 Å². The van der Waals surface area contributed by atoms with E-state index >= 15 is 0 Å². The minimum Gasteiger partial charge on any atom is -0.490 e. The Morgan fingerprint density at radius 2 is 1.85 bits per heavy atom. The second-order valence-electron chi connectivity index (χ2n) is 8.85. The maximum absolute atomic E-state index is 12.6. The van der Waals surface area contributed by atoms with Gasteiger partial charge in [0.15, 0.2) is 17.3 Å². The van der Waals surface area contributed by atoms with Crippen molar-refractivity contribution in [3.63, 3.8) is 0 Å². The molecule has 0 atom stereocenters. The average Bonchev–Trinajstić information content (AvgIpc) is 3.36. The topological polar surface area (TPSA) is 73.1 Å². The third kappa shape index (κ3) is 6.04. The van der Waals surface area contributed by atoms with Crippen LogP contribution in [0.2, 0.25) is 0 Å². The number of benzene rings is 4. The van der Waals surface area contributed by atoms with Crippen molar-refractivity contribution in [2.24, 2.45) is 5.10 Å². The first-order valence-corrected chi connectivity index (χ1v) is 13.4. The number of hydrogen-bond acceptors (Lipinski definition) is 5. The molecule has 0 aliphatic rings. The number of fused-ring (bicyclic) bond motifs is 2. The summed E-state index contributed by atoms with van der Waals surface area (Å²) < 4.78 is 18.9. The zero-order valence-electron chi connectivity index (χ0n) is 21.4. The van der Waals surface area contributed by atoms with Crippen LogP contribution in [0, 0.1) is 0 Å². The SMILES string of the molecule is C=CCc1cc(/C=N/NC(=O)c2cc3cc(Br)ccc3o2)cc(OCC)c1OCc1cccc2ccccc12. The predicted molar refractivity (Wildman–Crippen MR) is 159 cm³/mol. The summed E-state index contributed by atoms with van der Waals surface area (Å²) in [5, 5.41) is 7.29. The normalized spacial score (nSPS) is 11.2. The highest BCUT2D eigenvalue weighted by Crippen LogP contribution is 2.35. The maximum Gasteiger partial charge on any atom is 0.307 e. The molecule has 196 valence electrons. The molecule has 5 rings (SSSR count). The maximum atomic E-state index is 12.6. The lowest BCUT2D eigenvalue weighted by Gasteiger charge is -2.17. The van der Waals surface area contributed by atoms with Gasteiger partial charge in [0.1, 0.15) is 12.2 Å². The summed E-state index contributed by atoms with van der Waals surface area (Å²) in [6.45, 7) is 6.69. The first-order valence-electron chi connectivity index (χ1n) is 12.6. The Hall–Kier alpha value is -4.36. The molecule has 7 heteroatoms. The van der Waals surface area contributed by atoms with Crippen molar-refractivity contribution >= 4 is 49.8 Å². The molecule has 0 bridgehead atoms. The molecule has 0 fully saturated rings. The number of amides is 1. The van der Waals surface area contributed by atoms with E-state index in [0.29, 0.717) is 36.7 Å². The zero-order valence-corrected chi connectivity index (χ0v) is 23.0. The number of hydrogen-bond donors (Lipinski definition) is 1. The number of halogens is 1. The molecule has 1 amide bonds. The molecule has 4 aromatic carbocycles. The fraction of sp³-hybridized carbons (Fsp3) is 0.125. The third-order valence-electron chi connectivity index (χ3n) is 6.15. The number of allylic oxidation sites excluding steroid dienone is 1. The molecule has 39 heavy (non-hydrogen) atoms. The first-order chi connectivity index (χ1) is 19.1. The van der Waals surface area contributed by atoms with Gasteiger partial charge in [0.05, 0.1) is 12.8 Å². The molecule has 0 radical (unpaired) electrons. The number of carbonyl (C=O) groups is 1. The van der Waals surface area contributed by atoms with Gasteiger partial charge in [0.25, 0.3) is 0 Å².